The normalized spacial score (nSPS) is 22.7. The Kier molecular flexibility index (Phi) is 5.82. The third-order valence-electron chi connectivity index (χ3n) is 3.97. The molecule has 0 radical (unpaired) electrons. The topological polar surface area (TPSA) is 73.6 Å². The first kappa shape index (κ1) is 18.7. The number of primary amides is 1. The molecule has 9 heteroatoms. The smallest absolute Gasteiger partial charge is 0.404 e. The Bertz CT molecular complexity index is 598. The van der Waals surface area contributed by atoms with Crippen molar-refractivity contribution in [3.63, 3.8) is 0 Å². The molecule has 3 atom stereocenters. The number of rotatable bonds is 5. The van der Waals surface area contributed by atoms with Crippen LogP contribution in [-0.4, -0.2) is 25.1 Å². The molecule has 1 heterocycles. The Morgan fingerprint density at radius 3 is 2.79 bits per heavy atom. The van der Waals surface area contributed by atoms with E-state index in [-0.39, 0.29) is 29.0 Å². The molecule has 3 N–H and O–H groups in total. The van der Waals surface area contributed by atoms with Crippen molar-refractivity contribution >= 4 is 23.2 Å². The zero-order chi connectivity index (χ0) is 17.9. The Balaban J connectivity index is 2.00. The predicted octanol–water partition coefficient (Wildman–Crippen LogP) is 3.52. The Hall–Kier alpha value is -1.67. The molecule has 134 valence electrons. The summed E-state index contributed by atoms with van der Waals surface area (Å²) in [6.45, 7) is 2.23. The molecule has 2 rings (SSSR count). The molecule has 0 aliphatic carbocycles. The van der Waals surface area contributed by atoms with Crippen LogP contribution in [0.4, 0.5) is 18.9 Å². The van der Waals surface area contributed by atoms with E-state index >= 15 is 0 Å². The first-order valence-electron chi connectivity index (χ1n) is 7.38. The van der Waals surface area contributed by atoms with Gasteiger partial charge in [0, 0.05) is 18.2 Å². The zero-order valence-corrected chi connectivity index (χ0v) is 13.7. The van der Waals surface area contributed by atoms with Gasteiger partial charge in [0.1, 0.15) is 12.0 Å². The lowest BCUT2D eigenvalue weighted by Crippen LogP contribution is -2.38. The fourth-order valence-corrected chi connectivity index (χ4v) is 2.81. The van der Waals surface area contributed by atoms with Gasteiger partial charge in [-0.1, -0.05) is 18.5 Å². The molecular formula is C15H18ClF3N2O3. The van der Waals surface area contributed by atoms with Crippen molar-refractivity contribution in [1.82, 2.24) is 0 Å². The van der Waals surface area contributed by atoms with Crippen molar-refractivity contribution < 1.29 is 27.4 Å². The van der Waals surface area contributed by atoms with E-state index < -0.39 is 12.1 Å². The molecule has 0 saturated carbocycles. The number of benzene rings is 1. The van der Waals surface area contributed by atoms with Gasteiger partial charge in [-0.25, -0.2) is 0 Å². The van der Waals surface area contributed by atoms with E-state index in [1.54, 1.807) is 6.92 Å². The second kappa shape index (κ2) is 7.48. The molecule has 0 bridgehead atoms. The van der Waals surface area contributed by atoms with Crippen LogP contribution in [-0.2, 0) is 9.53 Å². The van der Waals surface area contributed by atoms with Gasteiger partial charge < -0.3 is 20.5 Å². The molecule has 5 nitrogen and oxygen atoms in total. The maximum absolute atomic E-state index is 12.2. The number of hydrogen-bond acceptors (Lipinski definition) is 4. The van der Waals surface area contributed by atoms with E-state index in [1.807, 2.05) is 0 Å². The quantitative estimate of drug-likeness (QED) is 0.836. The summed E-state index contributed by atoms with van der Waals surface area (Å²) in [7, 11) is 0. The monoisotopic (exact) mass is 366 g/mol. The van der Waals surface area contributed by atoms with Crippen molar-refractivity contribution in [2.75, 3.05) is 11.9 Å². The van der Waals surface area contributed by atoms with Gasteiger partial charge in [0.15, 0.2) is 0 Å². The third kappa shape index (κ3) is 5.17. The van der Waals surface area contributed by atoms with Crippen molar-refractivity contribution in [1.29, 1.82) is 0 Å². The summed E-state index contributed by atoms with van der Waals surface area (Å²) in [6, 6.07) is 3.87. The average Bonchev–Trinajstić information content (AvgIpc) is 2.48. The number of nitrogens with one attached hydrogen (secondary N) is 1. The van der Waals surface area contributed by atoms with Crippen LogP contribution in [0.5, 0.6) is 5.75 Å². The summed E-state index contributed by atoms with van der Waals surface area (Å²) in [5.41, 5.74) is 5.82. The van der Waals surface area contributed by atoms with Gasteiger partial charge in [0.2, 0.25) is 5.91 Å². The van der Waals surface area contributed by atoms with Gasteiger partial charge in [0.25, 0.3) is 0 Å². The maximum Gasteiger partial charge on any atom is 0.573 e. The highest BCUT2D eigenvalue weighted by molar-refractivity contribution is 6.32. The molecule has 3 unspecified atom stereocenters. The lowest BCUT2D eigenvalue weighted by atomic mass is 9.86. The standard InChI is InChI=1S/C15H18ClF3N2O3/c1-8(14(20)22)9-4-5-23-13(6-9)21-10-2-3-12(11(16)7-10)24-15(17,18)19/h2-3,7-9,13,21H,4-6H2,1H3,(H2,20,22). The average molecular weight is 367 g/mol. The van der Waals surface area contributed by atoms with E-state index in [2.05, 4.69) is 10.1 Å². The SMILES string of the molecule is CC(C(N)=O)C1CCOC(Nc2ccc(OC(F)(F)F)c(Cl)c2)C1. The largest absolute Gasteiger partial charge is 0.573 e. The van der Waals surface area contributed by atoms with Crippen LogP contribution in [0.3, 0.4) is 0 Å². The molecule has 0 spiro atoms. The molecule has 1 aliphatic rings. The van der Waals surface area contributed by atoms with Gasteiger partial charge in [0.05, 0.1) is 5.02 Å². The fraction of sp³-hybridized carbons (Fsp3) is 0.533. The lowest BCUT2D eigenvalue weighted by molar-refractivity contribution is -0.274. The molecule has 0 aromatic heterocycles. The van der Waals surface area contributed by atoms with E-state index in [4.69, 9.17) is 22.1 Å². The van der Waals surface area contributed by atoms with E-state index in [9.17, 15) is 18.0 Å². The number of ether oxygens (including phenoxy) is 2. The summed E-state index contributed by atoms with van der Waals surface area (Å²) in [5, 5.41) is 2.87. The van der Waals surface area contributed by atoms with E-state index in [0.29, 0.717) is 18.7 Å². The predicted molar refractivity (Wildman–Crippen MR) is 82.6 cm³/mol. The maximum atomic E-state index is 12.2. The number of anilines is 1. The van der Waals surface area contributed by atoms with Crippen LogP contribution in [0.1, 0.15) is 19.8 Å². The summed E-state index contributed by atoms with van der Waals surface area (Å²) < 4.78 is 46.1. The Labute approximate surface area is 142 Å². The van der Waals surface area contributed by atoms with Crippen LogP contribution >= 0.6 is 11.6 Å². The fourth-order valence-electron chi connectivity index (χ4n) is 2.59. The highest BCUT2D eigenvalue weighted by atomic mass is 35.5. The summed E-state index contributed by atoms with van der Waals surface area (Å²) in [5.74, 6) is -1.03. The summed E-state index contributed by atoms with van der Waals surface area (Å²) >= 11 is 5.81. The van der Waals surface area contributed by atoms with Crippen LogP contribution in [0.25, 0.3) is 0 Å². The molecule has 1 saturated heterocycles. The van der Waals surface area contributed by atoms with Crippen molar-refractivity contribution in [3.05, 3.63) is 23.2 Å². The molecule has 1 aromatic rings. The number of carbonyl (C=O) groups excluding carboxylic acids is 1. The molecule has 1 aliphatic heterocycles. The van der Waals surface area contributed by atoms with Gasteiger partial charge in [-0.05, 0) is 37.0 Å². The number of halogens is 4. The first-order valence-corrected chi connectivity index (χ1v) is 7.76. The molecule has 1 aromatic carbocycles. The molecule has 1 amide bonds. The Morgan fingerprint density at radius 1 is 1.50 bits per heavy atom. The van der Waals surface area contributed by atoms with Crippen molar-refractivity contribution in [3.8, 4) is 5.75 Å². The number of nitrogens with two attached hydrogens (primary N) is 1. The van der Waals surface area contributed by atoms with Crippen molar-refractivity contribution in [2.24, 2.45) is 17.6 Å². The zero-order valence-electron chi connectivity index (χ0n) is 12.9. The van der Waals surface area contributed by atoms with Gasteiger partial charge in [-0.15, -0.1) is 13.2 Å². The minimum atomic E-state index is -4.80. The number of alkyl halides is 3. The second-order valence-corrected chi connectivity index (χ2v) is 6.08. The highest BCUT2D eigenvalue weighted by Gasteiger charge is 2.32. The van der Waals surface area contributed by atoms with Crippen LogP contribution < -0.4 is 15.8 Å². The van der Waals surface area contributed by atoms with Crippen LogP contribution in [0, 0.1) is 11.8 Å². The highest BCUT2D eigenvalue weighted by Crippen LogP contribution is 2.33. The van der Waals surface area contributed by atoms with Gasteiger partial charge in [-0.3, -0.25) is 4.79 Å². The number of amides is 1. The van der Waals surface area contributed by atoms with Gasteiger partial charge in [-0.2, -0.15) is 0 Å². The first-order chi connectivity index (χ1) is 11.2. The Morgan fingerprint density at radius 2 is 2.21 bits per heavy atom. The molecular weight excluding hydrogens is 349 g/mol. The lowest BCUT2D eigenvalue weighted by Gasteiger charge is -2.33. The molecule has 1 fully saturated rings. The van der Waals surface area contributed by atoms with E-state index in [0.717, 1.165) is 12.5 Å². The summed E-state index contributed by atoms with van der Waals surface area (Å²) in [6.07, 6.45) is -3.90. The number of hydrogen-bond donors (Lipinski definition) is 2. The van der Waals surface area contributed by atoms with Crippen LogP contribution in [0.2, 0.25) is 5.02 Å². The van der Waals surface area contributed by atoms with Crippen molar-refractivity contribution in [2.45, 2.75) is 32.4 Å². The minimum absolute atomic E-state index is 0.0806. The van der Waals surface area contributed by atoms with E-state index in [1.165, 1.54) is 12.1 Å². The third-order valence-corrected chi connectivity index (χ3v) is 4.26. The van der Waals surface area contributed by atoms with Gasteiger partial charge >= 0.3 is 6.36 Å². The summed E-state index contributed by atoms with van der Waals surface area (Å²) in [4.78, 5) is 11.3. The minimum Gasteiger partial charge on any atom is -0.404 e. The van der Waals surface area contributed by atoms with Crippen LogP contribution in [0.15, 0.2) is 18.2 Å². The molecule has 24 heavy (non-hydrogen) atoms. The number of carbonyl (C=O) groups is 1. The second-order valence-electron chi connectivity index (χ2n) is 5.67.